The van der Waals surface area contributed by atoms with E-state index in [1.807, 2.05) is 6.07 Å². The van der Waals surface area contributed by atoms with E-state index in [2.05, 4.69) is 11.2 Å². The summed E-state index contributed by atoms with van der Waals surface area (Å²) in [6, 6.07) is 3.01. The molecule has 1 atom stereocenters. The lowest BCUT2D eigenvalue weighted by Gasteiger charge is -2.08. The van der Waals surface area contributed by atoms with Gasteiger partial charge in [-0.25, -0.2) is 0 Å². The second kappa shape index (κ2) is 5.76. The normalized spacial score (nSPS) is 11.8. The number of nitrogens with one attached hydrogen (secondary N) is 1. The van der Waals surface area contributed by atoms with E-state index in [0.717, 1.165) is 4.88 Å². The number of nitrogens with two attached hydrogens (primary N) is 1. The fourth-order valence-corrected chi connectivity index (χ4v) is 2.00. The molecular formula is C10H11ClN2OS. The number of carbonyl (C=O) groups excluding carboxylic acids is 1. The summed E-state index contributed by atoms with van der Waals surface area (Å²) in [7, 11) is 0. The summed E-state index contributed by atoms with van der Waals surface area (Å²) in [6.45, 7) is 0.439. The van der Waals surface area contributed by atoms with Crippen molar-refractivity contribution in [1.82, 2.24) is 5.32 Å². The zero-order valence-electron chi connectivity index (χ0n) is 8.00. The first-order chi connectivity index (χ1) is 7.13. The molecular weight excluding hydrogens is 232 g/mol. The zero-order valence-corrected chi connectivity index (χ0v) is 9.57. The second-order valence-corrected chi connectivity index (χ2v) is 4.74. The number of terminal acetylenes is 1. The monoisotopic (exact) mass is 242 g/mol. The summed E-state index contributed by atoms with van der Waals surface area (Å²) in [6.07, 6.45) is 5.30. The van der Waals surface area contributed by atoms with Crippen molar-refractivity contribution < 1.29 is 4.79 Å². The first kappa shape index (κ1) is 12.1. The Labute approximate surface area is 97.6 Å². The Morgan fingerprint density at radius 2 is 2.47 bits per heavy atom. The van der Waals surface area contributed by atoms with Crippen LogP contribution < -0.4 is 11.1 Å². The van der Waals surface area contributed by atoms with Gasteiger partial charge in [-0.15, -0.1) is 23.7 Å². The van der Waals surface area contributed by atoms with Crippen LogP contribution in [0.15, 0.2) is 12.1 Å². The highest BCUT2D eigenvalue weighted by atomic mass is 35.5. The van der Waals surface area contributed by atoms with Crippen LogP contribution in [0.4, 0.5) is 0 Å². The molecule has 3 nitrogen and oxygen atoms in total. The Morgan fingerprint density at radius 1 is 1.73 bits per heavy atom. The van der Waals surface area contributed by atoms with Crippen LogP contribution in [0.2, 0.25) is 4.34 Å². The molecule has 0 saturated carbocycles. The van der Waals surface area contributed by atoms with Gasteiger partial charge >= 0.3 is 0 Å². The molecule has 1 aromatic rings. The summed E-state index contributed by atoms with van der Waals surface area (Å²) in [5.74, 6) is 2.11. The van der Waals surface area contributed by atoms with E-state index in [4.69, 9.17) is 23.8 Å². The third kappa shape index (κ3) is 3.92. The number of thiophene rings is 1. The van der Waals surface area contributed by atoms with Crippen LogP contribution in [0.1, 0.15) is 11.3 Å². The van der Waals surface area contributed by atoms with Crippen LogP contribution in [0.3, 0.4) is 0 Å². The average Bonchev–Trinajstić information content (AvgIpc) is 2.61. The largest absolute Gasteiger partial charge is 0.350 e. The summed E-state index contributed by atoms with van der Waals surface area (Å²) in [5.41, 5.74) is 5.52. The van der Waals surface area contributed by atoms with Crippen molar-refractivity contribution in [3.05, 3.63) is 21.3 Å². The van der Waals surface area contributed by atoms with E-state index in [1.54, 1.807) is 6.07 Å². The van der Waals surface area contributed by atoms with Gasteiger partial charge in [-0.2, -0.15) is 0 Å². The topological polar surface area (TPSA) is 55.1 Å². The van der Waals surface area contributed by atoms with Gasteiger partial charge < -0.3 is 11.1 Å². The van der Waals surface area contributed by atoms with Gasteiger partial charge in [-0.1, -0.05) is 11.6 Å². The molecule has 1 aromatic heterocycles. The molecule has 0 saturated heterocycles. The fourth-order valence-electron chi connectivity index (χ4n) is 0.972. The van der Waals surface area contributed by atoms with Crippen LogP contribution in [-0.2, 0) is 11.3 Å². The molecule has 0 aliphatic heterocycles. The van der Waals surface area contributed by atoms with E-state index in [9.17, 15) is 4.79 Å². The number of carbonyl (C=O) groups is 1. The van der Waals surface area contributed by atoms with Crippen LogP contribution in [0, 0.1) is 12.3 Å². The van der Waals surface area contributed by atoms with Crippen LogP contribution in [0.25, 0.3) is 0 Å². The maximum atomic E-state index is 11.4. The molecule has 5 heteroatoms. The van der Waals surface area contributed by atoms with Crippen molar-refractivity contribution in [2.45, 2.75) is 19.0 Å². The molecule has 1 amide bonds. The lowest BCUT2D eigenvalue weighted by Crippen LogP contribution is -2.39. The number of amides is 1. The Morgan fingerprint density at radius 3 is 3.00 bits per heavy atom. The minimum Gasteiger partial charge on any atom is -0.350 e. The Balaban J connectivity index is 2.38. The van der Waals surface area contributed by atoms with Gasteiger partial charge in [-0.3, -0.25) is 4.79 Å². The average molecular weight is 243 g/mol. The van der Waals surface area contributed by atoms with E-state index >= 15 is 0 Å². The molecule has 0 radical (unpaired) electrons. The van der Waals surface area contributed by atoms with Crippen molar-refractivity contribution in [3.63, 3.8) is 0 Å². The summed E-state index contributed by atoms with van der Waals surface area (Å²) < 4.78 is 0.701. The minimum absolute atomic E-state index is 0.238. The molecule has 1 heterocycles. The molecule has 3 N–H and O–H groups in total. The van der Waals surface area contributed by atoms with Crippen molar-refractivity contribution >= 4 is 28.8 Å². The van der Waals surface area contributed by atoms with Gasteiger partial charge in [0.05, 0.1) is 16.9 Å². The fraction of sp³-hybridized carbons (Fsp3) is 0.300. The maximum Gasteiger partial charge on any atom is 0.238 e. The predicted molar refractivity (Wildman–Crippen MR) is 62.6 cm³/mol. The molecule has 80 valence electrons. The zero-order chi connectivity index (χ0) is 11.3. The molecule has 0 spiro atoms. The van der Waals surface area contributed by atoms with Gasteiger partial charge in [-0.05, 0) is 12.1 Å². The van der Waals surface area contributed by atoms with Crippen LogP contribution >= 0.6 is 22.9 Å². The summed E-state index contributed by atoms with van der Waals surface area (Å²) >= 11 is 7.17. The summed E-state index contributed by atoms with van der Waals surface area (Å²) in [4.78, 5) is 12.3. The van der Waals surface area contributed by atoms with Crippen LogP contribution in [-0.4, -0.2) is 11.9 Å². The highest BCUT2D eigenvalue weighted by molar-refractivity contribution is 7.16. The van der Waals surface area contributed by atoms with E-state index < -0.39 is 6.04 Å². The molecule has 15 heavy (non-hydrogen) atoms. The highest BCUT2D eigenvalue weighted by Crippen LogP contribution is 2.20. The highest BCUT2D eigenvalue weighted by Gasteiger charge is 2.11. The van der Waals surface area contributed by atoms with E-state index in [0.29, 0.717) is 10.9 Å². The third-order valence-electron chi connectivity index (χ3n) is 1.74. The van der Waals surface area contributed by atoms with Crippen molar-refractivity contribution in [2.75, 3.05) is 0 Å². The molecule has 0 fully saturated rings. The number of hydrogen-bond acceptors (Lipinski definition) is 3. The SMILES string of the molecule is C#CCC(N)C(=O)NCc1ccc(Cl)s1. The summed E-state index contributed by atoms with van der Waals surface area (Å²) in [5, 5.41) is 2.69. The molecule has 0 aliphatic carbocycles. The number of halogens is 1. The lowest BCUT2D eigenvalue weighted by atomic mass is 10.2. The Kier molecular flexibility index (Phi) is 4.63. The van der Waals surface area contributed by atoms with Gasteiger partial charge in [0, 0.05) is 11.3 Å². The number of rotatable bonds is 4. The quantitative estimate of drug-likeness (QED) is 0.784. The third-order valence-corrected chi connectivity index (χ3v) is 2.97. The van der Waals surface area contributed by atoms with E-state index in [-0.39, 0.29) is 12.3 Å². The maximum absolute atomic E-state index is 11.4. The Bertz CT molecular complexity index is 383. The molecule has 1 unspecified atom stereocenters. The Hall–Kier alpha value is -1.02. The van der Waals surface area contributed by atoms with Gasteiger partial charge in [0.2, 0.25) is 5.91 Å². The smallest absolute Gasteiger partial charge is 0.238 e. The molecule has 0 aliphatic rings. The van der Waals surface area contributed by atoms with Crippen LogP contribution in [0.5, 0.6) is 0 Å². The second-order valence-electron chi connectivity index (χ2n) is 2.94. The standard InChI is InChI=1S/C10H11ClN2OS/c1-2-3-8(12)10(14)13-6-7-4-5-9(11)15-7/h1,4-5,8H,3,6,12H2,(H,13,14). The predicted octanol–water partition coefficient (Wildman–Crippen LogP) is 1.37. The lowest BCUT2D eigenvalue weighted by molar-refractivity contribution is -0.122. The van der Waals surface area contributed by atoms with Crippen molar-refractivity contribution in [3.8, 4) is 12.3 Å². The first-order valence-electron chi connectivity index (χ1n) is 4.34. The first-order valence-corrected chi connectivity index (χ1v) is 5.54. The van der Waals surface area contributed by atoms with Crippen molar-refractivity contribution in [1.29, 1.82) is 0 Å². The van der Waals surface area contributed by atoms with E-state index in [1.165, 1.54) is 11.3 Å². The molecule has 0 aromatic carbocycles. The minimum atomic E-state index is -0.634. The number of hydrogen-bond donors (Lipinski definition) is 2. The van der Waals surface area contributed by atoms with Gasteiger partial charge in [0.15, 0.2) is 0 Å². The molecule has 1 rings (SSSR count). The van der Waals surface area contributed by atoms with Gasteiger partial charge in [0.25, 0.3) is 0 Å². The molecule has 0 bridgehead atoms. The van der Waals surface area contributed by atoms with Gasteiger partial charge in [0.1, 0.15) is 0 Å². The van der Waals surface area contributed by atoms with Crippen molar-refractivity contribution in [2.24, 2.45) is 5.73 Å².